The maximum absolute atomic E-state index is 13.9. The van der Waals surface area contributed by atoms with Gasteiger partial charge in [0.15, 0.2) is 11.4 Å². The van der Waals surface area contributed by atoms with Crippen molar-refractivity contribution in [2.75, 3.05) is 37.3 Å². The Morgan fingerprint density at radius 2 is 1.95 bits per heavy atom. The number of carboxylic acid groups (broad SMARTS) is 1. The zero-order valence-corrected chi connectivity index (χ0v) is 22.8. The second kappa shape index (κ2) is 11.3. The number of fused-ring (bicyclic) bond motifs is 3. The van der Waals surface area contributed by atoms with Crippen LogP contribution in [-0.2, 0) is 11.2 Å². The van der Waals surface area contributed by atoms with Crippen molar-refractivity contribution in [3.05, 3.63) is 87.4 Å². The Bertz CT molecular complexity index is 1390. The fourth-order valence-corrected chi connectivity index (χ4v) is 6.60. The topological polar surface area (TPSA) is 112 Å². The van der Waals surface area contributed by atoms with Gasteiger partial charge in [0, 0.05) is 25.8 Å². The van der Waals surface area contributed by atoms with E-state index in [4.69, 9.17) is 4.74 Å². The van der Waals surface area contributed by atoms with E-state index in [0.717, 1.165) is 24.2 Å². The molecule has 1 amide bonds. The van der Waals surface area contributed by atoms with Gasteiger partial charge in [0.05, 0.1) is 12.6 Å². The van der Waals surface area contributed by atoms with Gasteiger partial charge in [-0.25, -0.2) is 4.79 Å². The monoisotopic (exact) mass is 551 g/mol. The summed E-state index contributed by atoms with van der Waals surface area (Å²) in [6.45, 7) is 0.515. The molecular formula is C29H33N3O6S. The molecule has 5 rings (SSSR count). The summed E-state index contributed by atoms with van der Waals surface area (Å²) >= 11 is 1.65. The summed E-state index contributed by atoms with van der Waals surface area (Å²) in [7, 11) is 1.56. The number of hydrogen-bond acceptors (Lipinski definition) is 7. The highest BCUT2D eigenvalue weighted by atomic mass is 32.2. The highest BCUT2D eigenvalue weighted by Crippen LogP contribution is 2.45. The van der Waals surface area contributed by atoms with Gasteiger partial charge in [-0.15, -0.1) is 0 Å². The number of ether oxygens (including phenoxy) is 1. The molecule has 9 nitrogen and oxygen atoms in total. The molecule has 1 aromatic carbocycles. The SMILES string of the molecule is COCCN1C(=O)c2c(O)c(=O)c(C(=O)O)cn2N([C@@H]2c3ccccc3CCC3C=CC=CC32)C1CCSC. The first kappa shape index (κ1) is 27.1. The van der Waals surface area contributed by atoms with Crippen LogP contribution in [0, 0.1) is 11.8 Å². The molecule has 1 aliphatic heterocycles. The van der Waals surface area contributed by atoms with Crippen LogP contribution in [0.3, 0.4) is 0 Å². The molecule has 0 spiro atoms. The summed E-state index contributed by atoms with van der Waals surface area (Å²) in [5.41, 5.74) is 0.390. The van der Waals surface area contributed by atoms with E-state index < -0.39 is 34.8 Å². The molecule has 1 aromatic heterocycles. The number of allylic oxidation sites excluding steroid dienone is 3. The number of aromatic nitrogens is 1. The second-order valence-corrected chi connectivity index (χ2v) is 11.0. The van der Waals surface area contributed by atoms with Crippen molar-refractivity contribution >= 4 is 23.6 Å². The number of methoxy groups -OCH3 is 1. The van der Waals surface area contributed by atoms with Crippen LogP contribution < -0.4 is 10.4 Å². The van der Waals surface area contributed by atoms with Crippen LogP contribution in [0.25, 0.3) is 0 Å². The first-order valence-corrected chi connectivity index (χ1v) is 14.5. The molecule has 2 heterocycles. The molecule has 0 fully saturated rings. The third kappa shape index (κ3) is 4.76. The Balaban J connectivity index is 1.82. The van der Waals surface area contributed by atoms with E-state index in [9.17, 15) is 24.6 Å². The molecule has 2 aromatic rings. The summed E-state index contributed by atoms with van der Waals surface area (Å²) < 4.78 is 6.79. The Morgan fingerprint density at radius 1 is 1.18 bits per heavy atom. The number of pyridine rings is 1. The molecular weight excluding hydrogens is 518 g/mol. The quantitative estimate of drug-likeness (QED) is 0.513. The average Bonchev–Trinajstić information content (AvgIpc) is 3.10. The third-order valence-electron chi connectivity index (χ3n) is 7.96. The van der Waals surface area contributed by atoms with E-state index >= 15 is 0 Å². The van der Waals surface area contributed by atoms with Gasteiger partial charge < -0.3 is 19.8 Å². The number of nitrogens with zero attached hydrogens (tertiary/aromatic N) is 3. The van der Waals surface area contributed by atoms with Gasteiger partial charge in [-0.3, -0.25) is 19.3 Å². The number of carboxylic acids is 1. The van der Waals surface area contributed by atoms with Crippen LogP contribution in [0.4, 0.5) is 0 Å². The first-order valence-electron chi connectivity index (χ1n) is 13.1. The van der Waals surface area contributed by atoms with E-state index in [1.807, 2.05) is 29.5 Å². The predicted molar refractivity (Wildman–Crippen MR) is 150 cm³/mol. The molecule has 0 saturated carbocycles. The van der Waals surface area contributed by atoms with Gasteiger partial charge in [-0.05, 0) is 48.3 Å². The Labute approximate surface area is 231 Å². The highest BCUT2D eigenvalue weighted by Gasteiger charge is 2.47. The van der Waals surface area contributed by atoms with Crippen molar-refractivity contribution < 1.29 is 24.5 Å². The Hall–Kier alpha value is -3.50. The van der Waals surface area contributed by atoms with Crippen molar-refractivity contribution in [3.63, 3.8) is 0 Å². The molecule has 3 unspecified atom stereocenters. The third-order valence-corrected chi connectivity index (χ3v) is 8.60. The smallest absolute Gasteiger partial charge is 0.341 e. The summed E-state index contributed by atoms with van der Waals surface area (Å²) in [5, 5.41) is 22.9. The van der Waals surface area contributed by atoms with E-state index in [1.54, 1.807) is 23.8 Å². The first-order chi connectivity index (χ1) is 18.9. The Morgan fingerprint density at radius 3 is 2.69 bits per heavy atom. The van der Waals surface area contributed by atoms with Gasteiger partial charge in [-0.2, -0.15) is 11.8 Å². The zero-order chi connectivity index (χ0) is 27.7. The average molecular weight is 552 g/mol. The Kier molecular flexibility index (Phi) is 7.86. The lowest BCUT2D eigenvalue weighted by Crippen LogP contribution is -2.64. The molecule has 10 heteroatoms. The number of amides is 1. The van der Waals surface area contributed by atoms with Gasteiger partial charge in [0.25, 0.3) is 5.91 Å². The van der Waals surface area contributed by atoms with Crippen molar-refractivity contribution in [3.8, 4) is 5.75 Å². The number of aromatic hydroxyl groups is 1. The summed E-state index contributed by atoms with van der Waals surface area (Å²) in [4.78, 5) is 40.5. The predicted octanol–water partition coefficient (Wildman–Crippen LogP) is 3.42. The number of aryl methyl sites for hydroxylation is 1. The van der Waals surface area contributed by atoms with Crippen LogP contribution in [-0.4, -0.2) is 70.1 Å². The van der Waals surface area contributed by atoms with Crippen molar-refractivity contribution in [1.82, 2.24) is 9.58 Å². The number of rotatable bonds is 8. The fourth-order valence-electron chi connectivity index (χ4n) is 6.15. The van der Waals surface area contributed by atoms with Crippen LogP contribution in [0.2, 0.25) is 0 Å². The van der Waals surface area contributed by atoms with E-state index in [-0.39, 0.29) is 36.7 Å². The highest BCUT2D eigenvalue weighted by molar-refractivity contribution is 7.98. The number of carbonyl (C=O) groups excluding carboxylic acids is 1. The molecule has 4 atom stereocenters. The van der Waals surface area contributed by atoms with Gasteiger partial charge >= 0.3 is 5.97 Å². The van der Waals surface area contributed by atoms with Crippen molar-refractivity contribution in [2.24, 2.45) is 11.8 Å². The van der Waals surface area contributed by atoms with Crippen LogP contribution in [0.15, 0.2) is 59.6 Å². The fraction of sp³-hybridized carbons (Fsp3) is 0.414. The lowest BCUT2D eigenvalue weighted by molar-refractivity contribution is 0.0428. The minimum atomic E-state index is -1.46. The number of hydrogen-bond donors (Lipinski definition) is 2. The number of thioether (sulfide) groups is 1. The van der Waals surface area contributed by atoms with Crippen LogP contribution >= 0.6 is 11.8 Å². The lowest BCUT2D eigenvalue weighted by atomic mass is 9.80. The molecule has 3 aliphatic rings. The van der Waals surface area contributed by atoms with Gasteiger partial charge in [0.1, 0.15) is 11.7 Å². The van der Waals surface area contributed by atoms with E-state index in [2.05, 4.69) is 30.4 Å². The molecule has 0 bridgehead atoms. The minimum absolute atomic E-state index is 0.00982. The van der Waals surface area contributed by atoms with Gasteiger partial charge in [-0.1, -0.05) is 48.6 Å². The standard InChI is InChI=1S/C29H33N3O6S/c1-38-15-14-30-23(13-16-39-2)32(31-17-22(29(36)37)26(33)27(34)25(31)28(30)35)24-20-9-5-3-7-18(20)11-12-19-8-4-6-10-21(19)24/h3-10,17-18,20,23-24,34H,11-16H2,1-2H3,(H,36,37)/t18?,20?,23?,24-/m0/s1. The molecule has 0 saturated heterocycles. The molecule has 2 aliphatic carbocycles. The summed E-state index contributed by atoms with van der Waals surface area (Å²) in [6.07, 6.45) is 13.6. The van der Waals surface area contributed by atoms with Crippen LogP contribution in [0.5, 0.6) is 5.75 Å². The summed E-state index contributed by atoms with van der Waals surface area (Å²) in [5.74, 6) is -1.87. The number of benzene rings is 1. The maximum Gasteiger partial charge on any atom is 0.341 e. The van der Waals surface area contributed by atoms with E-state index in [0.29, 0.717) is 6.42 Å². The normalized spacial score (nSPS) is 23.7. The summed E-state index contributed by atoms with van der Waals surface area (Å²) in [6, 6.07) is 7.92. The largest absolute Gasteiger partial charge is 0.502 e. The lowest BCUT2D eigenvalue weighted by Gasteiger charge is -2.52. The zero-order valence-electron chi connectivity index (χ0n) is 22.0. The molecule has 2 N–H and O–H groups in total. The molecule has 0 radical (unpaired) electrons. The number of carbonyl (C=O) groups is 2. The molecule has 39 heavy (non-hydrogen) atoms. The van der Waals surface area contributed by atoms with E-state index in [1.165, 1.54) is 16.4 Å². The second-order valence-electron chi connectivity index (χ2n) is 10.0. The maximum atomic E-state index is 13.9. The van der Waals surface area contributed by atoms with Gasteiger partial charge in [0.2, 0.25) is 5.43 Å². The molecule has 206 valence electrons. The number of aromatic carboxylic acids is 1. The van der Waals surface area contributed by atoms with Crippen molar-refractivity contribution in [1.29, 1.82) is 0 Å². The van der Waals surface area contributed by atoms with Crippen molar-refractivity contribution in [2.45, 2.75) is 31.5 Å². The minimum Gasteiger partial charge on any atom is -0.502 e. The van der Waals surface area contributed by atoms with Crippen LogP contribution in [0.1, 0.15) is 50.9 Å².